The summed E-state index contributed by atoms with van der Waals surface area (Å²) in [7, 11) is 0. The molecular formula is C20H24N5O2+. The highest BCUT2D eigenvalue weighted by Crippen LogP contribution is 2.20. The first kappa shape index (κ1) is 17.5. The predicted molar refractivity (Wildman–Crippen MR) is 104 cm³/mol. The predicted octanol–water partition coefficient (Wildman–Crippen LogP) is 1.97. The lowest BCUT2D eigenvalue weighted by Gasteiger charge is -2.16. The van der Waals surface area contributed by atoms with Gasteiger partial charge < -0.3 is 11.1 Å². The summed E-state index contributed by atoms with van der Waals surface area (Å²) in [5.41, 5.74) is 7.54. The minimum absolute atomic E-state index is 0.0511. The van der Waals surface area contributed by atoms with E-state index in [1.165, 1.54) is 4.40 Å². The molecule has 3 aromatic heterocycles. The highest BCUT2D eigenvalue weighted by molar-refractivity contribution is 6.00. The molecule has 1 saturated carbocycles. The number of nitrogens with one attached hydrogen (secondary N) is 1. The van der Waals surface area contributed by atoms with Crippen LogP contribution in [0.1, 0.15) is 55.9 Å². The summed E-state index contributed by atoms with van der Waals surface area (Å²) in [6, 6.07) is 7.11. The molecule has 1 fully saturated rings. The molecule has 3 N–H and O–H groups in total. The molecule has 27 heavy (non-hydrogen) atoms. The average molecular weight is 366 g/mol. The van der Waals surface area contributed by atoms with E-state index in [1.807, 2.05) is 19.9 Å². The number of hydrogen-bond donors (Lipinski definition) is 2. The summed E-state index contributed by atoms with van der Waals surface area (Å²) in [5, 5.41) is 3.45. The number of aromatic nitrogens is 3. The van der Waals surface area contributed by atoms with Crippen LogP contribution >= 0.6 is 0 Å². The van der Waals surface area contributed by atoms with Crippen LogP contribution < -0.4 is 21.2 Å². The fourth-order valence-corrected chi connectivity index (χ4v) is 3.90. The van der Waals surface area contributed by atoms with Gasteiger partial charge in [0.25, 0.3) is 17.1 Å². The van der Waals surface area contributed by atoms with Gasteiger partial charge in [0.15, 0.2) is 0 Å². The van der Waals surface area contributed by atoms with E-state index in [1.54, 1.807) is 29.0 Å². The van der Waals surface area contributed by atoms with Crippen molar-refractivity contribution >= 4 is 28.4 Å². The summed E-state index contributed by atoms with van der Waals surface area (Å²) in [5.74, 6) is 0.105. The van der Waals surface area contributed by atoms with Gasteiger partial charge in [-0.3, -0.25) is 14.0 Å². The van der Waals surface area contributed by atoms with Gasteiger partial charge in [-0.05, 0) is 44.9 Å². The highest BCUT2D eigenvalue weighted by atomic mass is 16.2. The van der Waals surface area contributed by atoms with Crippen molar-refractivity contribution in [3.8, 4) is 0 Å². The lowest BCUT2D eigenvalue weighted by Crippen LogP contribution is -2.45. The van der Waals surface area contributed by atoms with Crippen LogP contribution in [-0.2, 0) is 0 Å². The molecule has 1 aliphatic carbocycles. The lowest BCUT2D eigenvalue weighted by atomic mass is 10.1. The smallest absolute Gasteiger partial charge is 0.278 e. The second-order valence-electron chi connectivity index (χ2n) is 7.44. The Kier molecular flexibility index (Phi) is 4.30. The molecule has 7 nitrogen and oxygen atoms in total. The van der Waals surface area contributed by atoms with Crippen LogP contribution in [0.3, 0.4) is 0 Å². The minimum atomic E-state index is -0.228. The first-order valence-electron chi connectivity index (χ1n) is 9.43. The molecule has 140 valence electrons. The maximum absolute atomic E-state index is 13.0. The molecule has 0 atom stereocenters. The number of anilines is 1. The quantitative estimate of drug-likeness (QED) is 0.547. The van der Waals surface area contributed by atoms with Crippen LogP contribution in [0.25, 0.3) is 16.7 Å². The SMILES string of the molecule is CC(C)[n+]1c(N)c(C(=O)NC2CCCC2)cc2c(=O)n3ccccc3nc21. The maximum Gasteiger partial charge on any atom is 0.278 e. The molecule has 0 spiro atoms. The Morgan fingerprint density at radius 2 is 2.07 bits per heavy atom. The van der Waals surface area contributed by atoms with Crippen molar-refractivity contribution < 1.29 is 9.36 Å². The number of hydrogen-bond acceptors (Lipinski definition) is 4. The Morgan fingerprint density at radius 3 is 2.78 bits per heavy atom. The monoisotopic (exact) mass is 366 g/mol. The second-order valence-corrected chi connectivity index (χ2v) is 7.44. The highest BCUT2D eigenvalue weighted by Gasteiger charge is 2.27. The molecular weight excluding hydrogens is 342 g/mol. The van der Waals surface area contributed by atoms with Crippen molar-refractivity contribution in [3.05, 3.63) is 46.4 Å². The third-order valence-corrected chi connectivity index (χ3v) is 5.25. The number of carbonyl (C=O) groups is 1. The van der Waals surface area contributed by atoms with Crippen molar-refractivity contribution in [2.45, 2.75) is 51.6 Å². The van der Waals surface area contributed by atoms with E-state index in [4.69, 9.17) is 5.73 Å². The van der Waals surface area contributed by atoms with Gasteiger partial charge in [0.2, 0.25) is 11.5 Å². The number of carbonyl (C=O) groups excluding carboxylic acids is 1. The van der Waals surface area contributed by atoms with Gasteiger partial charge in [0, 0.05) is 12.2 Å². The first-order valence-corrected chi connectivity index (χ1v) is 9.43. The largest absolute Gasteiger partial charge is 0.349 e. The summed E-state index contributed by atoms with van der Waals surface area (Å²) in [6.45, 7) is 3.92. The Labute approximate surface area is 156 Å². The van der Waals surface area contributed by atoms with E-state index in [9.17, 15) is 9.59 Å². The summed E-state index contributed by atoms with van der Waals surface area (Å²) >= 11 is 0. The number of rotatable bonds is 3. The second kappa shape index (κ2) is 6.64. The van der Waals surface area contributed by atoms with Crippen molar-refractivity contribution in [3.63, 3.8) is 0 Å². The molecule has 1 amide bonds. The van der Waals surface area contributed by atoms with Gasteiger partial charge >= 0.3 is 0 Å². The molecule has 0 unspecified atom stereocenters. The van der Waals surface area contributed by atoms with Gasteiger partial charge in [-0.15, -0.1) is 0 Å². The number of nitrogens with two attached hydrogens (primary N) is 1. The number of pyridine rings is 2. The molecule has 0 saturated heterocycles. The van der Waals surface area contributed by atoms with Crippen LogP contribution in [0, 0.1) is 0 Å². The number of fused-ring (bicyclic) bond motifs is 2. The van der Waals surface area contributed by atoms with E-state index in [-0.39, 0.29) is 23.6 Å². The first-order chi connectivity index (χ1) is 13.0. The zero-order valence-corrected chi connectivity index (χ0v) is 15.6. The van der Waals surface area contributed by atoms with Crippen molar-refractivity contribution in [2.24, 2.45) is 0 Å². The molecule has 3 aromatic rings. The van der Waals surface area contributed by atoms with Crippen molar-refractivity contribution in [1.29, 1.82) is 0 Å². The van der Waals surface area contributed by atoms with Gasteiger partial charge in [-0.2, -0.15) is 0 Å². The van der Waals surface area contributed by atoms with Gasteiger partial charge in [-0.25, -0.2) is 4.57 Å². The van der Waals surface area contributed by atoms with Crippen LogP contribution in [0.2, 0.25) is 0 Å². The molecule has 0 aliphatic heterocycles. The fraction of sp³-hybridized carbons (Fsp3) is 0.400. The molecule has 0 radical (unpaired) electrons. The topological polar surface area (TPSA) is 93.4 Å². The number of nitrogen functional groups attached to an aromatic ring is 1. The molecule has 0 bridgehead atoms. The van der Waals surface area contributed by atoms with E-state index in [0.29, 0.717) is 28.1 Å². The third kappa shape index (κ3) is 2.93. The van der Waals surface area contributed by atoms with E-state index < -0.39 is 0 Å². The van der Waals surface area contributed by atoms with Crippen molar-refractivity contribution in [2.75, 3.05) is 5.73 Å². The Balaban J connectivity index is 1.96. The van der Waals surface area contributed by atoms with E-state index >= 15 is 0 Å². The van der Waals surface area contributed by atoms with E-state index in [2.05, 4.69) is 10.3 Å². The molecule has 3 heterocycles. The zero-order valence-electron chi connectivity index (χ0n) is 15.6. The van der Waals surface area contributed by atoms with Gasteiger partial charge in [-0.1, -0.05) is 23.9 Å². The number of amides is 1. The summed E-state index contributed by atoms with van der Waals surface area (Å²) < 4.78 is 3.26. The Hall–Kier alpha value is -2.96. The average Bonchev–Trinajstić information content (AvgIpc) is 3.14. The fourth-order valence-electron chi connectivity index (χ4n) is 3.90. The van der Waals surface area contributed by atoms with Crippen LogP contribution in [0.4, 0.5) is 5.82 Å². The number of nitrogens with zero attached hydrogens (tertiary/aromatic N) is 3. The Morgan fingerprint density at radius 1 is 1.33 bits per heavy atom. The zero-order chi connectivity index (χ0) is 19.1. The van der Waals surface area contributed by atoms with Crippen LogP contribution in [-0.4, -0.2) is 21.3 Å². The van der Waals surface area contributed by atoms with Crippen molar-refractivity contribution in [1.82, 2.24) is 14.7 Å². The molecule has 4 rings (SSSR count). The summed E-state index contributed by atoms with van der Waals surface area (Å²) in [6.07, 6.45) is 5.90. The Bertz CT molecular complexity index is 1100. The lowest BCUT2D eigenvalue weighted by molar-refractivity contribution is -0.679. The molecule has 1 aliphatic rings. The van der Waals surface area contributed by atoms with E-state index in [0.717, 1.165) is 25.7 Å². The molecule has 7 heteroatoms. The standard InChI is InChI=1S/C20H23N5O2/c1-12(2)25-17(21)14(19(26)22-13-7-3-4-8-13)11-15-18(25)23-16-9-5-6-10-24(16)20(15)27/h5-6,9-13,21H,3-4,7-8H2,1-2H3,(H,22,26)/p+1. The maximum atomic E-state index is 13.0. The minimum Gasteiger partial charge on any atom is -0.349 e. The third-order valence-electron chi connectivity index (χ3n) is 5.25. The molecule has 0 aromatic carbocycles. The van der Waals surface area contributed by atoms with Crippen LogP contribution in [0.15, 0.2) is 35.3 Å². The van der Waals surface area contributed by atoms with Crippen LogP contribution in [0.5, 0.6) is 0 Å². The summed E-state index contributed by atoms with van der Waals surface area (Å²) in [4.78, 5) is 30.6. The van der Waals surface area contributed by atoms with Gasteiger partial charge in [0.05, 0.1) is 6.04 Å². The normalized spacial score (nSPS) is 15.1. The van der Waals surface area contributed by atoms with Gasteiger partial charge in [0.1, 0.15) is 10.9 Å².